The Morgan fingerprint density at radius 3 is 2.82 bits per heavy atom. The van der Waals surface area contributed by atoms with E-state index < -0.39 is 0 Å². The predicted octanol–water partition coefficient (Wildman–Crippen LogP) is 4.05. The van der Waals surface area contributed by atoms with Crippen molar-refractivity contribution < 1.29 is 14.3 Å². The quantitative estimate of drug-likeness (QED) is 0.476. The summed E-state index contributed by atoms with van der Waals surface area (Å²) >= 11 is 5.98. The third-order valence-electron chi connectivity index (χ3n) is 6.37. The molecule has 170 valence electrons. The Kier molecular flexibility index (Phi) is 4.28. The maximum atomic E-state index is 13.3. The van der Waals surface area contributed by atoms with Gasteiger partial charge in [-0.25, -0.2) is 9.50 Å². The molecule has 1 amide bonds. The summed E-state index contributed by atoms with van der Waals surface area (Å²) in [5.74, 6) is 0.164. The summed E-state index contributed by atoms with van der Waals surface area (Å²) in [5.41, 5.74) is 2.05. The molecule has 1 N–H and O–H groups in total. The molecule has 2 aliphatic heterocycles. The monoisotopic (exact) mass is 466 g/mol. The number of fused-ring (bicyclic) bond motifs is 3. The number of benzene rings is 1. The molecule has 3 aliphatic rings. The molecule has 0 radical (unpaired) electrons. The van der Waals surface area contributed by atoms with Crippen molar-refractivity contribution in [1.82, 2.24) is 24.4 Å². The topological polar surface area (TPSA) is 95.6 Å². The number of nitrogens with zero attached hydrogens (tertiary/aromatic N) is 5. The molecule has 3 fully saturated rings. The lowest BCUT2D eigenvalue weighted by Gasteiger charge is -2.42. The summed E-state index contributed by atoms with van der Waals surface area (Å²) in [6.45, 7) is 6.65. The molecule has 1 aliphatic carbocycles. The standard InChI is InChI=1S/C23H23ClN6O3/c1-13(2)33-19-5-17-14(8-30(28-17)23-10-22(3,11-23)32-12-23)4-16(19)21(31)27-18-7-26-29-9-15(24)6-25-20(18)29/h4-9,13H,10-12H2,1-3H3,(H,27,31). The first-order valence-corrected chi connectivity index (χ1v) is 11.3. The van der Waals surface area contributed by atoms with Crippen LogP contribution in [-0.2, 0) is 10.3 Å². The van der Waals surface area contributed by atoms with E-state index in [4.69, 9.17) is 26.2 Å². The molecular weight excluding hydrogens is 444 g/mol. The van der Waals surface area contributed by atoms with Gasteiger partial charge >= 0.3 is 0 Å². The molecular formula is C23H23ClN6O3. The maximum absolute atomic E-state index is 13.3. The minimum Gasteiger partial charge on any atom is -0.490 e. The number of halogens is 1. The minimum atomic E-state index is -0.314. The Labute approximate surface area is 194 Å². The van der Waals surface area contributed by atoms with E-state index in [0.29, 0.717) is 34.3 Å². The van der Waals surface area contributed by atoms with Crippen molar-refractivity contribution >= 4 is 39.7 Å². The zero-order valence-corrected chi connectivity index (χ0v) is 19.3. The summed E-state index contributed by atoms with van der Waals surface area (Å²) < 4.78 is 15.5. The molecule has 7 rings (SSSR count). The molecule has 1 aromatic carbocycles. The number of rotatable bonds is 5. The fraction of sp³-hybridized carbons (Fsp3) is 0.391. The Morgan fingerprint density at radius 2 is 2.09 bits per heavy atom. The average Bonchev–Trinajstić information content (AvgIpc) is 3.48. The molecule has 2 bridgehead atoms. The Hall–Kier alpha value is -3.17. The van der Waals surface area contributed by atoms with Crippen molar-refractivity contribution in [3.63, 3.8) is 0 Å². The lowest BCUT2D eigenvalue weighted by molar-refractivity contribution is 0.00383. The van der Waals surface area contributed by atoms with E-state index in [1.165, 1.54) is 10.7 Å². The van der Waals surface area contributed by atoms with Crippen LogP contribution in [0.4, 0.5) is 5.69 Å². The van der Waals surface area contributed by atoms with Crippen LogP contribution in [0.2, 0.25) is 5.02 Å². The number of hydrogen-bond donors (Lipinski definition) is 1. The van der Waals surface area contributed by atoms with E-state index in [1.54, 1.807) is 12.4 Å². The largest absolute Gasteiger partial charge is 0.490 e. The SMILES string of the molecule is CC(C)Oc1cc2nn(C34COC(C)(C3)C4)cc2cc1C(=O)Nc1cnn2cc(Cl)cnc12. The van der Waals surface area contributed by atoms with Crippen LogP contribution in [0, 0.1) is 0 Å². The summed E-state index contributed by atoms with van der Waals surface area (Å²) in [7, 11) is 0. The van der Waals surface area contributed by atoms with Crippen molar-refractivity contribution in [3.05, 3.63) is 47.5 Å². The van der Waals surface area contributed by atoms with E-state index in [-0.39, 0.29) is 23.2 Å². The third kappa shape index (κ3) is 3.26. The van der Waals surface area contributed by atoms with Gasteiger partial charge in [0.2, 0.25) is 0 Å². The second-order valence-corrected chi connectivity index (χ2v) is 9.95. The molecule has 9 nitrogen and oxygen atoms in total. The smallest absolute Gasteiger partial charge is 0.259 e. The highest BCUT2D eigenvalue weighted by atomic mass is 35.5. The first-order chi connectivity index (χ1) is 15.7. The number of ether oxygens (including phenoxy) is 2. The number of anilines is 1. The maximum Gasteiger partial charge on any atom is 0.259 e. The van der Waals surface area contributed by atoms with Gasteiger partial charge in [0, 0.05) is 36.7 Å². The molecule has 0 spiro atoms. The van der Waals surface area contributed by atoms with Gasteiger partial charge in [0.05, 0.1) is 52.3 Å². The fourth-order valence-electron chi connectivity index (χ4n) is 5.04. The van der Waals surface area contributed by atoms with Gasteiger partial charge < -0.3 is 14.8 Å². The van der Waals surface area contributed by atoms with Crippen molar-refractivity contribution in [3.8, 4) is 5.75 Å². The van der Waals surface area contributed by atoms with E-state index in [2.05, 4.69) is 22.3 Å². The lowest BCUT2D eigenvalue weighted by atomic mass is 9.69. The van der Waals surface area contributed by atoms with Gasteiger partial charge in [-0.1, -0.05) is 11.6 Å². The first kappa shape index (κ1) is 20.4. The van der Waals surface area contributed by atoms with Crippen LogP contribution >= 0.6 is 11.6 Å². The van der Waals surface area contributed by atoms with Gasteiger partial charge in [-0.15, -0.1) is 0 Å². The fourth-order valence-corrected chi connectivity index (χ4v) is 5.18. The number of amides is 1. The third-order valence-corrected chi connectivity index (χ3v) is 6.56. The van der Waals surface area contributed by atoms with Crippen molar-refractivity contribution in [2.75, 3.05) is 11.9 Å². The molecule has 0 atom stereocenters. The highest BCUT2D eigenvalue weighted by Crippen LogP contribution is 2.55. The highest BCUT2D eigenvalue weighted by molar-refractivity contribution is 6.30. The van der Waals surface area contributed by atoms with E-state index in [9.17, 15) is 4.79 Å². The number of nitrogens with one attached hydrogen (secondary N) is 1. The Balaban J connectivity index is 1.37. The van der Waals surface area contributed by atoms with Crippen LogP contribution < -0.4 is 10.1 Å². The van der Waals surface area contributed by atoms with Crippen molar-refractivity contribution in [1.29, 1.82) is 0 Å². The minimum absolute atomic E-state index is 0.0400. The van der Waals surface area contributed by atoms with Gasteiger partial charge in [-0.2, -0.15) is 10.2 Å². The van der Waals surface area contributed by atoms with Crippen LogP contribution in [0.5, 0.6) is 5.75 Å². The predicted molar refractivity (Wildman–Crippen MR) is 123 cm³/mol. The summed E-state index contributed by atoms with van der Waals surface area (Å²) in [4.78, 5) is 17.6. The van der Waals surface area contributed by atoms with Gasteiger partial charge in [-0.05, 0) is 26.8 Å². The van der Waals surface area contributed by atoms with Crippen LogP contribution in [0.15, 0.2) is 36.9 Å². The second kappa shape index (κ2) is 6.91. The molecule has 3 aromatic heterocycles. The highest BCUT2D eigenvalue weighted by Gasteiger charge is 2.61. The van der Waals surface area contributed by atoms with Crippen molar-refractivity contribution in [2.24, 2.45) is 0 Å². The molecule has 33 heavy (non-hydrogen) atoms. The van der Waals surface area contributed by atoms with E-state index in [0.717, 1.165) is 23.7 Å². The molecule has 1 saturated carbocycles. The Morgan fingerprint density at radius 1 is 1.27 bits per heavy atom. The normalized spacial score (nSPS) is 23.9. The van der Waals surface area contributed by atoms with E-state index >= 15 is 0 Å². The molecule has 0 unspecified atom stereocenters. The van der Waals surface area contributed by atoms with Crippen LogP contribution in [0.1, 0.15) is 44.0 Å². The number of carbonyl (C=O) groups is 1. The number of aromatic nitrogens is 5. The average molecular weight is 467 g/mol. The molecule has 4 aromatic rings. The molecule has 2 saturated heterocycles. The summed E-state index contributed by atoms with van der Waals surface area (Å²) in [5, 5.41) is 13.3. The summed E-state index contributed by atoms with van der Waals surface area (Å²) in [6.07, 6.45) is 8.47. The van der Waals surface area contributed by atoms with Gasteiger partial charge in [-0.3, -0.25) is 9.48 Å². The van der Waals surface area contributed by atoms with Gasteiger partial charge in [0.25, 0.3) is 5.91 Å². The Bertz CT molecular complexity index is 1420. The van der Waals surface area contributed by atoms with Crippen LogP contribution in [0.3, 0.4) is 0 Å². The van der Waals surface area contributed by atoms with Gasteiger partial charge in [0.15, 0.2) is 5.65 Å². The van der Waals surface area contributed by atoms with Crippen molar-refractivity contribution in [2.45, 2.75) is 50.9 Å². The molecule has 5 heterocycles. The first-order valence-electron chi connectivity index (χ1n) is 10.9. The summed E-state index contributed by atoms with van der Waals surface area (Å²) in [6, 6.07) is 3.66. The lowest BCUT2D eigenvalue weighted by Crippen LogP contribution is -2.49. The zero-order chi connectivity index (χ0) is 23.0. The number of carbonyl (C=O) groups excluding carboxylic acids is 1. The van der Waals surface area contributed by atoms with Crippen LogP contribution in [-0.4, -0.2) is 48.6 Å². The molecule has 10 heteroatoms. The zero-order valence-electron chi connectivity index (χ0n) is 18.5. The van der Waals surface area contributed by atoms with E-state index in [1.807, 2.05) is 36.9 Å². The number of hydrogen-bond acceptors (Lipinski definition) is 6. The van der Waals surface area contributed by atoms with Crippen LogP contribution in [0.25, 0.3) is 16.6 Å². The second-order valence-electron chi connectivity index (χ2n) is 9.52. The van der Waals surface area contributed by atoms with Gasteiger partial charge in [0.1, 0.15) is 11.4 Å².